The highest BCUT2D eigenvalue weighted by Crippen LogP contribution is 2.25. The Morgan fingerprint density at radius 2 is 1.70 bits per heavy atom. The van der Waals surface area contributed by atoms with E-state index in [1.54, 1.807) is 24.3 Å². The molecule has 0 unspecified atom stereocenters. The molecule has 0 radical (unpaired) electrons. The third-order valence-electron chi connectivity index (χ3n) is 4.35. The Labute approximate surface area is 157 Å². The first-order chi connectivity index (χ1) is 12.7. The van der Waals surface area contributed by atoms with Crippen LogP contribution in [0.1, 0.15) is 22.3 Å². The maximum absolute atomic E-state index is 12.6. The highest BCUT2D eigenvalue weighted by Gasteiger charge is 2.37. The number of nitrogens with zero attached hydrogens (tertiary/aromatic N) is 1. The molecule has 1 aliphatic rings. The second-order valence-corrected chi connectivity index (χ2v) is 10.7. The van der Waals surface area contributed by atoms with Gasteiger partial charge in [0.2, 0.25) is 0 Å². The monoisotopic (exact) mass is 404 g/mol. The quantitative estimate of drug-likeness (QED) is 0.829. The van der Waals surface area contributed by atoms with Crippen molar-refractivity contribution in [1.82, 2.24) is 0 Å². The molecule has 3 rings (SSSR count). The Morgan fingerprint density at radius 3 is 2.22 bits per heavy atom. The molecule has 9 heteroatoms. The highest BCUT2D eigenvalue weighted by atomic mass is 32.2. The Kier molecular flexibility index (Phi) is 5.04. The van der Waals surface area contributed by atoms with Crippen molar-refractivity contribution in [3.05, 3.63) is 59.7 Å². The Bertz CT molecular complexity index is 1110. The zero-order chi connectivity index (χ0) is 19.7. The molecule has 0 saturated carbocycles. The summed E-state index contributed by atoms with van der Waals surface area (Å²) in [5.41, 5.74) is 1.24. The molecule has 0 aliphatic carbocycles. The molecular formula is C18H16N2O5S2. The van der Waals surface area contributed by atoms with Crippen LogP contribution in [0.25, 0.3) is 0 Å². The Morgan fingerprint density at radius 1 is 1.07 bits per heavy atom. The number of anilines is 1. The number of sulfone groups is 2. The minimum absolute atomic E-state index is 0.000442. The van der Waals surface area contributed by atoms with Gasteiger partial charge in [-0.3, -0.25) is 4.79 Å². The van der Waals surface area contributed by atoms with Crippen molar-refractivity contribution in [2.24, 2.45) is 0 Å². The number of amides is 1. The second-order valence-electron chi connectivity index (χ2n) is 6.24. The van der Waals surface area contributed by atoms with Crippen LogP contribution in [0.5, 0.6) is 0 Å². The van der Waals surface area contributed by atoms with Crippen LogP contribution >= 0.6 is 0 Å². The van der Waals surface area contributed by atoms with Crippen molar-refractivity contribution in [3.63, 3.8) is 0 Å². The average Bonchev–Trinajstić information content (AvgIpc) is 3.03. The topological polar surface area (TPSA) is 121 Å². The lowest BCUT2D eigenvalue weighted by Gasteiger charge is -2.11. The van der Waals surface area contributed by atoms with Crippen molar-refractivity contribution >= 4 is 31.3 Å². The van der Waals surface area contributed by atoms with Gasteiger partial charge in [-0.2, -0.15) is 5.26 Å². The van der Waals surface area contributed by atoms with Gasteiger partial charge in [0.05, 0.1) is 33.3 Å². The first kappa shape index (κ1) is 19.1. The smallest absolute Gasteiger partial charge is 0.255 e. The van der Waals surface area contributed by atoms with Gasteiger partial charge in [0.1, 0.15) is 0 Å². The molecule has 1 fully saturated rings. The van der Waals surface area contributed by atoms with Crippen LogP contribution in [-0.2, 0) is 19.7 Å². The van der Waals surface area contributed by atoms with Crippen molar-refractivity contribution in [1.29, 1.82) is 5.26 Å². The Balaban J connectivity index is 1.74. The van der Waals surface area contributed by atoms with E-state index in [2.05, 4.69) is 5.32 Å². The highest BCUT2D eigenvalue weighted by molar-refractivity contribution is 7.96. The first-order valence-corrected chi connectivity index (χ1v) is 11.4. The van der Waals surface area contributed by atoms with Crippen molar-refractivity contribution in [3.8, 4) is 6.07 Å². The maximum Gasteiger partial charge on any atom is 0.255 e. The van der Waals surface area contributed by atoms with Crippen molar-refractivity contribution in [2.45, 2.75) is 16.6 Å². The van der Waals surface area contributed by atoms with E-state index in [1.807, 2.05) is 6.07 Å². The molecule has 27 heavy (non-hydrogen) atoms. The summed E-state index contributed by atoms with van der Waals surface area (Å²) in [6.45, 7) is 0. The third kappa shape index (κ3) is 4.18. The molecule has 1 saturated heterocycles. The number of nitrogens with one attached hydrogen (secondary N) is 1. The number of carbonyl (C=O) groups excluding carboxylic acids is 1. The van der Waals surface area contributed by atoms with Gasteiger partial charge in [-0.05, 0) is 55.0 Å². The minimum atomic E-state index is -3.76. The standard InChI is InChI=1S/C18H16N2O5S2/c19-11-13-1-5-15(6-2-13)20-18(21)14-3-7-16(8-4-14)27(24,25)17-9-10-26(22,23)12-17/h1-8,17H,9-10,12H2,(H,20,21)/t17-/m1/s1. The number of carbonyl (C=O) groups is 1. The molecule has 1 heterocycles. The third-order valence-corrected chi connectivity index (χ3v) is 8.53. The summed E-state index contributed by atoms with van der Waals surface area (Å²) in [4.78, 5) is 12.3. The largest absolute Gasteiger partial charge is 0.322 e. The zero-order valence-corrected chi connectivity index (χ0v) is 15.8. The number of hydrogen-bond donors (Lipinski definition) is 1. The van der Waals surface area contributed by atoms with Crippen LogP contribution in [0, 0.1) is 11.3 Å². The summed E-state index contributed by atoms with van der Waals surface area (Å²) in [7, 11) is -7.07. The molecule has 1 amide bonds. The lowest BCUT2D eigenvalue weighted by atomic mass is 10.2. The van der Waals surface area contributed by atoms with Crippen LogP contribution < -0.4 is 5.32 Å². The summed E-state index contributed by atoms with van der Waals surface area (Å²) in [5, 5.41) is 10.5. The van der Waals surface area contributed by atoms with Crippen LogP contribution in [-0.4, -0.2) is 39.5 Å². The fourth-order valence-electron chi connectivity index (χ4n) is 2.83. The molecule has 0 spiro atoms. The van der Waals surface area contributed by atoms with E-state index in [0.717, 1.165) is 0 Å². The molecule has 1 aliphatic heterocycles. The summed E-state index contributed by atoms with van der Waals surface area (Å²) < 4.78 is 48.2. The first-order valence-electron chi connectivity index (χ1n) is 8.07. The van der Waals surface area contributed by atoms with Gasteiger partial charge in [-0.1, -0.05) is 0 Å². The van der Waals surface area contributed by atoms with E-state index in [4.69, 9.17) is 5.26 Å². The molecular weight excluding hydrogens is 388 g/mol. The SMILES string of the molecule is N#Cc1ccc(NC(=O)c2ccc(S(=O)(=O)[C@@H]3CCS(=O)(=O)C3)cc2)cc1. The van der Waals surface area contributed by atoms with Gasteiger partial charge in [0.15, 0.2) is 19.7 Å². The van der Waals surface area contributed by atoms with Gasteiger partial charge in [-0.15, -0.1) is 0 Å². The van der Waals surface area contributed by atoms with E-state index >= 15 is 0 Å². The number of hydrogen-bond acceptors (Lipinski definition) is 6. The normalized spacial score (nSPS) is 18.6. The predicted octanol–water partition coefficient (Wildman–Crippen LogP) is 1.77. The van der Waals surface area contributed by atoms with E-state index < -0.39 is 30.8 Å². The fraction of sp³-hybridized carbons (Fsp3) is 0.222. The summed E-state index contributed by atoms with van der Waals surface area (Å²) >= 11 is 0. The summed E-state index contributed by atoms with van der Waals surface area (Å²) in [5.74, 6) is -0.912. The fourth-order valence-corrected chi connectivity index (χ4v) is 7.19. The van der Waals surface area contributed by atoms with Crippen LogP contribution in [0.15, 0.2) is 53.4 Å². The van der Waals surface area contributed by atoms with Gasteiger partial charge in [0, 0.05) is 11.3 Å². The number of nitriles is 1. The number of rotatable bonds is 4. The van der Waals surface area contributed by atoms with Gasteiger partial charge < -0.3 is 5.32 Å². The molecule has 1 atom stereocenters. The van der Waals surface area contributed by atoms with E-state index in [-0.39, 0.29) is 28.4 Å². The molecule has 2 aromatic carbocycles. The molecule has 0 aromatic heterocycles. The minimum Gasteiger partial charge on any atom is -0.322 e. The second kappa shape index (κ2) is 7.13. The van der Waals surface area contributed by atoms with E-state index in [9.17, 15) is 21.6 Å². The van der Waals surface area contributed by atoms with Gasteiger partial charge in [0.25, 0.3) is 5.91 Å². The lowest BCUT2D eigenvalue weighted by Crippen LogP contribution is -2.22. The number of benzene rings is 2. The predicted molar refractivity (Wildman–Crippen MR) is 99.8 cm³/mol. The molecule has 140 valence electrons. The van der Waals surface area contributed by atoms with Crippen molar-refractivity contribution in [2.75, 3.05) is 16.8 Å². The summed E-state index contributed by atoms with van der Waals surface area (Å²) in [6.07, 6.45) is 0.0889. The van der Waals surface area contributed by atoms with Gasteiger partial charge >= 0.3 is 0 Å². The van der Waals surface area contributed by atoms with Crippen molar-refractivity contribution < 1.29 is 21.6 Å². The zero-order valence-electron chi connectivity index (χ0n) is 14.1. The molecule has 1 N–H and O–H groups in total. The maximum atomic E-state index is 12.6. The lowest BCUT2D eigenvalue weighted by molar-refractivity contribution is 0.102. The Hall–Kier alpha value is -2.70. The molecule has 0 bridgehead atoms. The van der Waals surface area contributed by atoms with Crippen LogP contribution in [0.3, 0.4) is 0 Å². The van der Waals surface area contributed by atoms with Crippen LogP contribution in [0.2, 0.25) is 0 Å². The molecule has 2 aromatic rings. The molecule has 7 nitrogen and oxygen atoms in total. The van der Waals surface area contributed by atoms with Gasteiger partial charge in [-0.25, -0.2) is 16.8 Å². The summed E-state index contributed by atoms with van der Waals surface area (Å²) in [6, 6.07) is 13.7. The average molecular weight is 404 g/mol. The van der Waals surface area contributed by atoms with E-state index in [0.29, 0.717) is 11.3 Å². The van der Waals surface area contributed by atoms with E-state index in [1.165, 1.54) is 24.3 Å². The van der Waals surface area contributed by atoms with Crippen LogP contribution in [0.4, 0.5) is 5.69 Å².